The van der Waals surface area contributed by atoms with Gasteiger partial charge in [-0.2, -0.15) is 0 Å². The van der Waals surface area contributed by atoms with Crippen LogP contribution in [0, 0.1) is 0 Å². The molecule has 1 aromatic rings. The summed E-state index contributed by atoms with van der Waals surface area (Å²) < 4.78 is 26.4. The minimum absolute atomic E-state index is 0.0234. The molecule has 17 heavy (non-hydrogen) atoms. The highest BCUT2D eigenvalue weighted by atomic mass is 19.3. The topological polar surface area (TPSA) is 29.3 Å². The molecule has 0 spiro atoms. The van der Waals surface area contributed by atoms with Crippen LogP contribution in [0.1, 0.15) is 24.0 Å². The van der Waals surface area contributed by atoms with Crippen LogP contribution in [0.5, 0.6) is 0 Å². The summed E-state index contributed by atoms with van der Waals surface area (Å²) in [5.41, 5.74) is 7.65. The van der Waals surface area contributed by atoms with E-state index in [0.717, 1.165) is 17.7 Å². The number of piperidine rings is 1. The van der Waals surface area contributed by atoms with Gasteiger partial charge in [0.15, 0.2) is 0 Å². The van der Waals surface area contributed by atoms with Gasteiger partial charge >= 0.3 is 0 Å². The van der Waals surface area contributed by atoms with Crippen LogP contribution >= 0.6 is 0 Å². The first-order valence-electron chi connectivity index (χ1n) is 5.97. The maximum Gasteiger partial charge on any atom is 0.260 e. The molecule has 1 aliphatic rings. The summed E-state index contributed by atoms with van der Waals surface area (Å²) in [5, 5.41) is 0. The SMILES string of the molecule is NCc1ccc(CN2CCCC(F)(F)C2)cc1. The monoisotopic (exact) mass is 240 g/mol. The molecule has 2 rings (SSSR count). The first kappa shape index (κ1) is 12.5. The molecule has 2 N–H and O–H groups in total. The van der Waals surface area contributed by atoms with Gasteiger partial charge in [0.05, 0.1) is 6.54 Å². The zero-order chi connectivity index (χ0) is 12.3. The molecule has 0 atom stereocenters. The predicted octanol–water partition coefficient (Wildman–Crippen LogP) is 2.38. The molecule has 94 valence electrons. The summed E-state index contributed by atoms with van der Waals surface area (Å²) in [7, 11) is 0. The van der Waals surface area contributed by atoms with E-state index in [1.165, 1.54) is 0 Å². The van der Waals surface area contributed by atoms with Gasteiger partial charge < -0.3 is 5.73 Å². The minimum Gasteiger partial charge on any atom is -0.326 e. The Kier molecular flexibility index (Phi) is 3.74. The van der Waals surface area contributed by atoms with Crippen LogP contribution in [-0.2, 0) is 13.1 Å². The highest BCUT2D eigenvalue weighted by Crippen LogP contribution is 2.27. The van der Waals surface area contributed by atoms with Crippen LogP contribution in [0.25, 0.3) is 0 Å². The van der Waals surface area contributed by atoms with Crippen molar-refractivity contribution < 1.29 is 8.78 Å². The van der Waals surface area contributed by atoms with Crippen LogP contribution in [0.3, 0.4) is 0 Å². The number of likely N-dealkylation sites (tertiary alicyclic amines) is 1. The quantitative estimate of drug-likeness (QED) is 0.879. The molecule has 1 saturated heterocycles. The lowest BCUT2D eigenvalue weighted by Crippen LogP contribution is -2.41. The van der Waals surface area contributed by atoms with E-state index < -0.39 is 5.92 Å². The van der Waals surface area contributed by atoms with Gasteiger partial charge in [0.25, 0.3) is 5.92 Å². The third kappa shape index (κ3) is 3.48. The molecule has 1 aliphatic heterocycles. The second-order valence-electron chi connectivity index (χ2n) is 4.69. The van der Waals surface area contributed by atoms with Crippen molar-refractivity contribution in [1.82, 2.24) is 4.90 Å². The van der Waals surface area contributed by atoms with Gasteiger partial charge in [0.1, 0.15) is 0 Å². The molecule has 1 aromatic carbocycles. The van der Waals surface area contributed by atoms with Crippen molar-refractivity contribution in [1.29, 1.82) is 0 Å². The van der Waals surface area contributed by atoms with Crippen molar-refractivity contribution in [3.63, 3.8) is 0 Å². The van der Waals surface area contributed by atoms with E-state index in [9.17, 15) is 8.78 Å². The number of hydrogen-bond acceptors (Lipinski definition) is 2. The Morgan fingerprint density at radius 2 is 1.82 bits per heavy atom. The zero-order valence-corrected chi connectivity index (χ0v) is 9.83. The Balaban J connectivity index is 1.95. The maximum atomic E-state index is 13.2. The zero-order valence-electron chi connectivity index (χ0n) is 9.83. The lowest BCUT2D eigenvalue weighted by Gasteiger charge is -2.32. The summed E-state index contributed by atoms with van der Waals surface area (Å²) in [5.74, 6) is -2.52. The van der Waals surface area contributed by atoms with Gasteiger partial charge in [-0.1, -0.05) is 24.3 Å². The van der Waals surface area contributed by atoms with Crippen molar-refractivity contribution in [3.05, 3.63) is 35.4 Å². The normalized spacial score (nSPS) is 20.4. The number of hydrogen-bond donors (Lipinski definition) is 1. The Bertz CT molecular complexity index is 362. The van der Waals surface area contributed by atoms with Crippen molar-refractivity contribution in [2.24, 2.45) is 5.73 Å². The molecule has 0 amide bonds. The third-order valence-electron chi connectivity index (χ3n) is 3.14. The average molecular weight is 240 g/mol. The van der Waals surface area contributed by atoms with Crippen LogP contribution in [0.4, 0.5) is 8.78 Å². The van der Waals surface area contributed by atoms with Crippen molar-refractivity contribution in [2.75, 3.05) is 13.1 Å². The number of nitrogens with zero attached hydrogens (tertiary/aromatic N) is 1. The largest absolute Gasteiger partial charge is 0.326 e. The van der Waals surface area contributed by atoms with Crippen LogP contribution in [0.2, 0.25) is 0 Å². The molecule has 0 aromatic heterocycles. The maximum absolute atomic E-state index is 13.2. The van der Waals surface area contributed by atoms with Gasteiger partial charge in [-0.05, 0) is 24.1 Å². The van der Waals surface area contributed by atoms with Gasteiger partial charge in [-0.3, -0.25) is 4.90 Å². The Hall–Kier alpha value is -1.00. The summed E-state index contributed by atoms with van der Waals surface area (Å²) in [6, 6.07) is 7.85. The Morgan fingerprint density at radius 3 is 2.41 bits per heavy atom. The van der Waals surface area contributed by atoms with E-state index in [0.29, 0.717) is 19.5 Å². The number of alkyl halides is 2. The molecule has 0 aliphatic carbocycles. The predicted molar refractivity (Wildman–Crippen MR) is 63.8 cm³/mol. The summed E-state index contributed by atoms with van der Waals surface area (Å²) in [4.78, 5) is 1.82. The Morgan fingerprint density at radius 1 is 1.18 bits per heavy atom. The number of nitrogens with two attached hydrogens (primary N) is 1. The minimum atomic E-state index is -2.52. The highest BCUT2D eigenvalue weighted by molar-refractivity contribution is 5.22. The highest BCUT2D eigenvalue weighted by Gasteiger charge is 2.34. The summed E-state index contributed by atoms with van der Waals surface area (Å²) in [6.45, 7) is 1.75. The molecule has 0 bridgehead atoms. The fourth-order valence-corrected chi connectivity index (χ4v) is 2.22. The summed E-state index contributed by atoms with van der Waals surface area (Å²) >= 11 is 0. The van der Waals surface area contributed by atoms with E-state index in [4.69, 9.17) is 5.73 Å². The third-order valence-corrected chi connectivity index (χ3v) is 3.14. The van der Waals surface area contributed by atoms with Gasteiger partial charge in [0.2, 0.25) is 0 Å². The first-order valence-corrected chi connectivity index (χ1v) is 5.97. The molecule has 0 unspecified atom stereocenters. The smallest absolute Gasteiger partial charge is 0.260 e. The van der Waals surface area contributed by atoms with E-state index in [-0.39, 0.29) is 13.0 Å². The fourth-order valence-electron chi connectivity index (χ4n) is 2.22. The average Bonchev–Trinajstić information content (AvgIpc) is 2.29. The molecule has 0 radical (unpaired) electrons. The molecular weight excluding hydrogens is 222 g/mol. The lowest BCUT2D eigenvalue weighted by atomic mass is 10.1. The number of halogens is 2. The van der Waals surface area contributed by atoms with E-state index >= 15 is 0 Å². The molecule has 4 heteroatoms. The summed E-state index contributed by atoms with van der Waals surface area (Å²) in [6.07, 6.45) is 0.601. The first-order chi connectivity index (χ1) is 8.09. The van der Waals surface area contributed by atoms with Crippen molar-refractivity contribution in [2.45, 2.75) is 31.9 Å². The van der Waals surface area contributed by atoms with Gasteiger partial charge in [-0.15, -0.1) is 0 Å². The van der Waals surface area contributed by atoms with Crippen LogP contribution in [0.15, 0.2) is 24.3 Å². The van der Waals surface area contributed by atoms with Crippen LogP contribution in [-0.4, -0.2) is 23.9 Å². The number of rotatable bonds is 3. The lowest BCUT2D eigenvalue weighted by molar-refractivity contribution is -0.0661. The number of benzene rings is 1. The molecule has 0 saturated carbocycles. The fraction of sp³-hybridized carbons (Fsp3) is 0.538. The van der Waals surface area contributed by atoms with E-state index in [1.54, 1.807) is 0 Å². The molecule has 1 fully saturated rings. The Labute approximate surface area is 100 Å². The standard InChI is InChI=1S/C13H18F2N2/c14-13(15)6-1-7-17(10-13)9-12-4-2-11(8-16)3-5-12/h2-5H,1,6-10,16H2. The van der Waals surface area contributed by atoms with Crippen molar-refractivity contribution in [3.8, 4) is 0 Å². The molecule has 2 nitrogen and oxygen atoms in total. The van der Waals surface area contributed by atoms with Crippen molar-refractivity contribution >= 4 is 0 Å². The molecular formula is C13H18F2N2. The second kappa shape index (κ2) is 5.10. The van der Waals surface area contributed by atoms with Gasteiger partial charge in [-0.25, -0.2) is 8.78 Å². The van der Waals surface area contributed by atoms with E-state index in [2.05, 4.69) is 0 Å². The van der Waals surface area contributed by atoms with Gasteiger partial charge in [0, 0.05) is 19.5 Å². The molecule has 1 heterocycles. The van der Waals surface area contributed by atoms with Crippen LogP contribution < -0.4 is 5.73 Å². The van der Waals surface area contributed by atoms with E-state index in [1.807, 2.05) is 29.2 Å². The second-order valence-corrected chi connectivity index (χ2v) is 4.69.